The van der Waals surface area contributed by atoms with Gasteiger partial charge in [-0.05, 0) is 48.0 Å². The van der Waals surface area contributed by atoms with Crippen LogP contribution in [-0.4, -0.2) is 71.6 Å². The summed E-state index contributed by atoms with van der Waals surface area (Å²) in [5.41, 5.74) is 1.25. The number of fused-ring (bicyclic) bond motifs is 1. The summed E-state index contributed by atoms with van der Waals surface area (Å²) in [7, 11) is 1.69. The topological polar surface area (TPSA) is 70.1 Å². The molecule has 0 unspecified atom stereocenters. The monoisotopic (exact) mass is 406 g/mol. The molecule has 28 heavy (non-hydrogen) atoms. The van der Waals surface area contributed by atoms with Gasteiger partial charge in [0.25, 0.3) is 6.47 Å². The predicted octanol–water partition coefficient (Wildman–Crippen LogP) is 2.74. The van der Waals surface area contributed by atoms with Gasteiger partial charge in [0.2, 0.25) is 5.91 Å². The first-order valence-corrected chi connectivity index (χ1v) is 11.0. The Morgan fingerprint density at radius 2 is 1.82 bits per heavy atom. The Morgan fingerprint density at radius 1 is 1.18 bits per heavy atom. The lowest BCUT2D eigenvalue weighted by molar-refractivity contribution is -0.130. The normalized spacial score (nSPS) is 27.6. The van der Waals surface area contributed by atoms with Crippen LogP contribution in [0.5, 0.6) is 5.75 Å². The second-order valence-electron chi connectivity index (χ2n) is 7.72. The maximum Gasteiger partial charge on any atom is 0.290 e. The van der Waals surface area contributed by atoms with E-state index in [0.717, 1.165) is 31.4 Å². The van der Waals surface area contributed by atoms with Crippen molar-refractivity contribution >= 4 is 24.1 Å². The van der Waals surface area contributed by atoms with Gasteiger partial charge < -0.3 is 14.7 Å². The molecule has 0 aromatic heterocycles. The van der Waals surface area contributed by atoms with Gasteiger partial charge in [-0.1, -0.05) is 12.1 Å². The summed E-state index contributed by atoms with van der Waals surface area (Å²) in [6, 6.07) is 9.30. The van der Waals surface area contributed by atoms with E-state index in [1.54, 1.807) is 14.0 Å². The van der Waals surface area contributed by atoms with Crippen LogP contribution in [0.2, 0.25) is 0 Å². The molecule has 0 bridgehead atoms. The van der Waals surface area contributed by atoms with Crippen molar-refractivity contribution in [3.63, 3.8) is 0 Å². The van der Waals surface area contributed by atoms with Crippen LogP contribution in [0.4, 0.5) is 0 Å². The van der Waals surface area contributed by atoms with Crippen LogP contribution in [0.1, 0.15) is 31.4 Å². The highest BCUT2D eigenvalue weighted by atomic mass is 32.2. The van der Waals surface area contributed by atoms with E-state index in [1.807, 2.05) is 12.1 Å². The molecule has 0 spiro atoms. The Labute approximate surface area is 171 Å². The van der Waals surface area contributed by atoms with Crippen molar-refractivity contribution < 1.29 is 19.4 Å². The molecule has 3 aliphatic heterocycles. The number of carbonyl (C=O) groups is 2. The van der Waals surface area contributed by atoms with Crippen LogP contribution in [0.15, 0.2) is 24.3 Å². The number of carboxylic acid groups (broad SMARTS) is 1. The van der Waals surface area contributed by atoms with Crippen molar-refractivity contribution in [2.45, 2.75) is 31.8 Å². The van der Waals surface area contributed by atoms with Crippen molar-refractivity contribution in [3.8, 4) is 5.75 Å². The number of carbonyl (C=O) groups excluding carboxylic acids is 1. The number of methoxy groups -OCH3 is 1. The van der Waals surface area contributed by atoms with Gasteiger partial charge in [0.1, 0.15) is 5.75 Å². The second-order valence-corrected chi connectivity index (χ2v) is 8.94. The van der Waals surface area contributed by atoms with Gasteiger partial charge in [0, 0.05) is 38.5 Å². The molecule has 3 heterocycles. The predicted molar refractivity (Wildman–Crippen MR) is 111 cm³/mol. The minimum atomic E-state index is -0.250. The molecule has 0 saturated carbocycles. The van der Waals surface area contributed by atoms with Crippen molar-refractivity contribution in [3.05, 3.63) is 29.8 Å². The van der Waals surface area contributed by atoms with Crippen LogP contribution in [0.3, 0.4) is 0 Å². The summed E-state index contributed by atoms with van der Waals surface area (Å²) >= 11 is 2.09. The van der Waals surface area contributed by atoms with Crippen molar-refractivity contribution in [1.29, 1.82) is 0 Å². The highest BCUT2D eigenvalue weighted by molar-refractivity contribution is 7.99. The first-order chi connectivity index (χ1) is 13.6. The third-order valence-electron chi connectivity index (χ3n) is 6.26. The molecule has 1 N–H and O–H groups in total. The SMILES string of the molecule is COc1ccc([C@H]2[C@@H]3CN(C4CCSCC4)C[C@@H]3CN2C(C)=O)cc1.O=CO. The first-order valence-electron chi connectivity index (χ1n) is 9.89. The van der Waals surface area contributed by atoms with Gasteiger partial charge in [0.15, 0.2) is 0 Å². The molecule has 7 heteroatoms. The maximum atomic E-state index is 12.3. The Bertz CT molecular complexity index is 663. The largest absolute Gasteiger partial charge is 0.497 e. The van der Waals surface area contributed by atoms with Crippen molar-refractivity contribution in [1.82, 2.24) is 9.80 Å². The lowest BCUT2D eigenvalue weighted by Crippen LogP contribution is -2.40. The van der Waals surface area contributed by atoms with E-state index in [2.05, 4.69) is 33.7 Å². The molecule has 3 atom stereocenters. The van der Waals surface area contributed by atoms with Crippen molar-refractivity contribution in [2.75, 3.05) is 38.2 Å². The van der Waals surface area contributed by atoms with Crippen LogP contribution in [-0.2, 0) is 9.59 Å². The van der Waals surface area contributed by atoms with E-state index in [4.69, 9.17) is 14.6 Å². The Morgan fingerprint density at radius 3 is 2.39 bits per heavy atom. The highest BCUT2D eigenvalue weighted by Crippen LogP contribution is 2.46. The molecule has 3 fully saturated rings. The van der Waals surface area contributed by atoms with Crippen LogP contribution >= 0.6 is 11.8 Å². The van der Waals surface area contributed by atoms with Gasteiger partial charge in [-0.15, -0.1) is 0 Å². The number of amides is 1. The summed E-state index contributed by atoms with van der Waals surface area (Å²) in [5, 5.41) is 6.89. The molecule has 0 aliphatic carbocycles. The number of hydrogen-bond acceptors (Lipinski definition) is 5. The lowest BCUT2D eigenvalue weighted by Gasteiger charge is -2.34. The number of thioether (sulfide) groups is 1. The van der Waals surface area contributed by atoms with Gasteiger partial charge in [-0.2, -0.15) is 11.8 Å². The van der Waals surface area contributed by atoms with Crippen LogP contribution < -0.4 is 4.74 Å². The van der Waals surface area contributed by atoms with Crippen LogP contribution in [0, 0.1) is 11.8 Å². The molecular weight excluding hydrogens is 376 g/mol. The third-order valence-corrected chi connectivity index (χ3v) is 7.31. The molecule has 1 amide bonds. The van der Waals surface area contributed by atoms with Crippen LogP contribution in [0.25, 0.3) is 0 Å². The summed E-state index contributed by atoms with van der Waals surface area (Å²) in [5.74, 6) is 4.87. The van der Waals surface area contributed by atoms with Gasteiger partial charge in [0.05, 0.1) is 13.2 Å². The number of hydrogen-bond donors (Lipinski definition) is 1. The van der Waals surface area contributed by atoms with E-state index in [9.17, 15) is 4.79 Å². The lowest BCUT2D eigenvalue weighted by atomic mass is 9.89. The molecule has 0 radical (unpaired) electrons. The Balaban J connectivity index is 0.000000706. The third kappa shape index (κ3) is 4.46. The van der Waals surface area contributed by atoms with E-state index >= 15 is 0 Å². The van der Waals surface area contributed by atoms with Gasteiger partial charge in [-0.25, -0.2) is 0 Å². The standard InChI is InChI=1S/C20H28N2O2S.CH2O2/c1-14(23)22-12-16-11-21(17-7-9-25-10-8-17)13-19(16)20(22)15-3-5-18(24-2)6-4-15;2-1-3/h3-6,16-17,19-20H,7-13H2,1-2H3;1H,(H,2,3)/t16-,19-,20+;/m1./s1. The quantitative estimate of drug-likeness (QED) is 0.779. The minimum absolute atomic E-state index is 0.204. The zero-order chi connectivity index (χ0) is 20.1. The molecule has 154 valence electrons. The first kappa shape index (κ1) is 21.0. The minimum Gasteiger partial charge on any atom is -0.497 e. The van der Waals surface area contributed by atoms with E-state index in [-0.39, 0.29) is 18.4 Å². The second kappa shape index (κ2) is 9.65. The Kier molecular flexibility index (Phi) is 7.24. The molecule has 4 rings (SSSR count). The Hall–Kier alpha value is -1.73. The number of benzene rings is 1. The maximum absolute atomic E-state index is 12.3. The molecule has 6 nitrogen and oxygen atoms in total. The smallest absolute Gasteiger partial charge is 0.290 e. The summed E-state index contributed by atoms with van der Waals surface area (Å²) in [6.07, 6.45) is 2.65. The van der Waals surface area contributed by atoms with E-state index in [1.165, 1.54) is 29.9 Å². The fourth-order valence-corrected chi connectivity index (χ4v) is 6.06. The summed E-state index contributed by atoms with van der Waals surface area (Å²) in [6.45, 7) is 4.68. The fraction of sp³-hybridized carbons (Fsp3) is 0.619. The van der Waals surface area contributed by atoms with E-state index in [0.29, 0.717) is 11.8 Å². The average molecular weight is 407 g/mol. The highest BCUT2D eigenvalue weighted by Gasteiger charge is 2.49. The summed E-state index contributed by atoms with van der Waals surface area (Å²) in [4.78, 5) is 25.4. The number of nitrogens with zero attached hydrogens (tertiary/aromatic N) is 2. The average Bonchev–Trinajstić information content (AvgIpc) is 3.27. The number of likely N-dealkylation sites (tertiary alicyclic amines) is 2. The van der Waals surface area contributed by atoms with E-state index < -0.39 is 0 Å². The number of ether oxygens (including phenoxy) is 1. The molecule has 3 aliphatic rings. The van der Waals surface area contributed by atoms with Gasteiger partial charge in [-0.3, -0.25) is 14.5 Å². The zero-order valence-electron chi connectivity index (χ0n) is 16.6. The molecule has 3 saturated heterocycles. The molecular formula is C21H30N2O4S. The zero-order valence-corrected chi connectivity index (χ0v) is 17.4. The molecule has 1 aromatic rings. The fourth-order valence-electron chi connectivity index (χ4n) is 4.98. The van der Waals surface area contributed by atoms with Gasteiger partial charge >= 0.3 is 0 Å². The summed E-state index contributed by atoms with van der Waals surface area (Å²) < 4.78 is 5.30. The van der Waals surface area contributed by atoms with Crippen molar-refractivity contribution in [2.24, 2.45) is 11.8 Å². The molecule has 1 aromatic carbocycles. The number of rotatable bonds is 3.